The molecule has 0 spiro atoms. The van der Waals surface area contributed by atoms with Crippen molar-refractivity contribution in [3.8, 4) is 5.75 Å². The van der Waals surface area contributed by atoms with Gasteiger partial charge in [0, 0.05) is 22.6 Å². The number of rotatable bonds is 6. The second kappa shape index (κ2) is 7.36. The van der Waals surface area contributed by atoms with Crippen LogP contribution in [0.5, 0.6) is 5.75 Å². The summed E-state index contributed by atoms with van der Waals surface area (Å²) in [5.74, 6) is -0.604. The summed E-state index contributed by atoms with van der Waals surface area (Å²) in [6.07, 6.45) is 0. The summed E-state index contributed by atoms with van der Waals surface area (Å²) in [5, 5.41) is 5.37. The van der Waals surface area contributed by atoms with Crippen molar-refractivity contribution in [1.82, 2.24) is 5.16 Å². The summed E-state index contributed by atoms with van der Waals surface area (Å²) < 4.78 is 35.6. The molecule has 6 nitrogen and oxygen atoms in total. The molecule has 8 heteroatoms. The van der Waals surface area contributed by atoms with Crippen LogP contribution in [0.25, 0.3) is 0 Å². The topological polar surface area (TPSA) is 81.4 Å². The average Bonchev–Trinajstić information content (AvgIpc) is 2.91. The molecule has 0 unspecified atom stereocenters. The van der Waals surface area contributed by atoms with E-state index in [9.17, 15) is 13.4 Å². The lowest BCUT2D eigenvalue weighted by Crippen LogP contribution is -2.29. The standard InChI is InChI=1S/C15H17FN2O4S/c1-9-6-14(22-18-9)17-15(19)10(2)23(20)8-11-4-5-13(21-3)12(16)7-11/h4-7,10H,8H2,1-3H3,(H,17,19)/t10-,23+/m1/s1. The van der Waals surface area contributed by atoms with E-state index in [1.54, 1.807) is 19.1 Å². The molecular formula is C15H17FN2O4S. The fraction of sp³-hybridized carbons (Fsp3) is 0.333. The van der Waals surface area contributed by atoms with E-state index in [0.29, 0.717) is 11.3 Å². The number of anilines is 1. The van der Waals surface area contributed by atoms with Gasteiger partial charge in [0.25, 0.3) is 0 Å². The minimum Gasteiger partial charge on any atom is -0.494 e. The van der Waals surface area contributed by atoms with Crippen LogP contribution < -0.4 is 10.1 Å². The van der Waals surface area contributed by atoms with E-state index in [-0.39, 0.29) is 17.4 Å². The maximum Gasteiger partial charge on any atom is 0.242 e. The lowest BCUT2D eigenvalue weighted by atomic mass is 10.2. The zero-order chi connectivity index (χ0) is 17.0. The molecule has 0 aliphatic heterocycles. The van der Waals surface area contributed by atoms with Crippen LogP contribution in [0.15, 0.2) is 28.8 Å². The zero-order valence-electron chi connectivity index (χ0n) is 13.0. The number of ether oxygens (including phenoxy) is 1. The zero-order valence-corrected chi connectivity index (χ0v) is 13.8. The molecule has 0 saturated carbocycles. The first-order valence-electron chi connectivity index (χ1n) is 6.84. The summed E-state index contributed by atoms with van der Waals surface area (Å²) in [6, 6.07) is 5.89. The Morgan fingerprint density at radius 1 is 1.48 bits per heavy atom. The number of aromatic nitrogens is 1. The van der Waals surface area contributed by atoms with Crippen LogP contribution in [0, 0.1) is 12.7 Å². The third-order valence-electron chi connectivity index (χ3n) is 3.16. The van der Waals surface area contributed by atoms with Gasteiger partial charge in [0.05, 0.1) is 12.8 Å². The van der Waals surface area contributed by atoms with E-state index >= 15 is 0 Å². The molecule has 23 heavy (non-hydrogen) atoms. The number of halogens is 1. The Balaban J connectivity index is 1.99. The summed E-state index contributed by atoms with van der Waals surface area (Å²) in [5.41, 5.74) is 1.15. The van der Waals surface area contributed by atoms with Gasteiger partial charge in [-0.2, -0.15) is 0 Å². The number of carbonyl (C=O) groups is 1. The molecule has 0 fully saturated rings. The summed E-state index contributed by atoms with van der Waals surface area (Å²) >= 11 is 0. The second-order valence-electron chi connectivity index (χ2n) is 4.96. The number of benzene rings is 1. The van der Waals surface area contributed by atoms with Gasteiger partial charge >= 0.3 is 0 Å². The number of amides is 1. The van der Waals surface area contributed by atoms with Gasteiger partial charge in [-0.15, -0.1) is 0 Å². The first-order chi connectivity index (χ1) is 10.9. The fourth-order valence-corrected chi connectivity index (χ4v) is 2.91. The Labute approximate surface area is 135 Å². The molecule has 1 aromatic carbocycles. The van der Waals surface area contributed by atoms with Crippen molar-refractivity contribution in [2.45, 2.75) is 24.9 Å². The van der Waals surface area contributed by atoms with Crippen molar-refractivity contribution in [3.63, 3.8) is 0 Å². The van der Waals surface area contributed by atoms with Crippen molar-refractivity contribution in [2.75, 3.05) is 12.4 Å². The van der Waals surface area contributed by atoms with Crippen molar-refractivity contribution < 1.29 is 22.7 Å². The molecule has 1 heterocycles. The molecule has 2 aromatic rings. The first kappa shape index (κ1) is 17.1. The van der Waals surface area contributed by atoms with Crippen LogP contribution in [-0.4, -0.2) is 27.6 Å². The molecule has 0 saturated heterocycles. The van der Waals surface area contributed by atoms with Gasteiger partial charge in [-0.25, -0.2) is 4.39 Å². The number of nitrogens with one attached hydrogen (secondary N) is 1. The highest BCUT2D eigenvalue weighted by Crippen LogP contribution is 2.19. The van der Waals surface area contributed by atoms with Crippen LogP contribution >= 0.6 is 0 Å². The van der Waals surface area contributed by atoms with Crippen molar-refractivity contribution in [1.29, 1.82) is 0 Å². The Kier molecular flexibility index (Phi) is 5.49. The Bertz CT molecular complexity index is 732. The predicted molar refractivity (Wildman–Crippen MR) is 84.1 cm³/mol. The molecule has 1 N–H and O–H groups in total. The first-order valence-corrected chi connectivity index (χ1v) is 8.22. The van der Waals surface area contributed by atoms with E-state index in [1.807, 2.05) is 0 Å². The van der Waals surface area contributed by atoms with Gasteiger partial charge in [-0.3, -0.25) is 14.3 Å². The highest BCUT2D eigenvalue weighted by Gasteiger charge is 2.22. The monoisotopic (exact) mass is 340 g/mol. The van der Waals surface area contributed by atoms with Crippen LogP contribution in [0.1, 0.15) is 18.2 Å². The number of methoxy groups -OCH3 is 1. The van der Waals surface area contributed by atoms with Crippen LogP contribution in [-0.2, 0) is 21.3 Å². The van der Waals surface area contributed by atoms with Crippen LogP contribution in [0.2, 0.25) is 0 Å². The van der Waals surface area contributed by atoms with Gasteiger partial charge in [-0.1, -0.05) is 11.2 Å². The smallest absolute Gasteiger partial charge is 0.242 e. The van der Waals surface area contributed by atoms with Crippen molar-refractivity contribution in [2.24, 2.45) is 0 Å². The van der Waals surface area contributed by atoms with Crippen LogP contribution in [0.3, 0.4) is 0 Å². The minimum atomic E-state index is -1.51. The Morgan fingerprint density at radius 3 is 2.78 bits per heavy atom. The third kappa shape index (κ3) is 4.38. The van der Waals surface area contributed by atoms with Gasteiger partial charge in [0.15, 0.2) is 11.6 Å². The average molecular weight is 340 g/mol. The van der Waals surface area contributed by atoms with E-state index in [4.69, 9.17) is 9.26 Å². The SMILES string of the molecule is COc1ccc(C[S@](=O)[C@H](C)C(=O)Nc2cc(C)no2)cc1F. The van der Waals surface area contributed by atoms with E-state index in [0.717, 1.165) is 0 Å². The van der Waals surface area contributed by atoms with Crippen molar-refractivity contribution >= 4 is 22.6 Å². The lowest BCUT2D eigenvalue weighted by molar-refractivity contribution is -0.115. The van der Waals surface area contributed by atoms with Crippen LogP contribution in [0.4, 0.5) is 10.3 Å². The molecule has 0 aliphatic rings. The summed E-state index contributed by atoms with van der Waals surface area (Å²) in [7, 11) is -0.142. The highest BCUT2D eigenvalue weighted by molar-refractivity contribution is 7.85. The molecular weight excluding hydrogens is 323 g/mol. The maximum absolute atomic E-state index is 13.6. The number of aryl methyl sites for hydroxylation is 1. The fourth-order valence-electron chi connectivity index (χ4n) is 1.85. The number of hydrogen-bond acceptors (Lipinski definition) is 5. The van der Waals surface area contributed by atoms with E-state index in [1.165, 1.54) is 26.2 Å². The number of hydrogen-bond donors (Lipinski definition) is 1. The quantitative estimate of drug-likeness (QED) is 0.873. The summed E-state index contributed by atoms with van der Waals surface area (Å²) in [4.78, 5) is 12.0. The Hall–Kier alpha value is -2.22. The predicted octanol–water partition coefficient (Wildman–Crippen LogP) is 2.41. The molecule has 2 atom stereocenters. The minimum absolute atomic E-state index is 0.0604. The Morgan fingerprint density at radius 2 is 2.22 bits per heavy atom. The van der Waals surface area contributed by atoms with Gasteiger partial charge in [0.1, 0.15) is 5.25 Å². The lowest BCUT2D eigenvalue weighted by Gasteiger charge is -2.11. The normalized spacial score (nSPS) is 13.4. The second-order valence-corrected chi connectivity index (χ2v) is 6.72. The van der Waals surface area contributed by atoms with Crippen molar-refractivity contribution in [3.05, 3.63) is 41.3 Å². The van der Waals surface area contributed by atoms with Gasteiger partial charge in [0.2, 0.25) is 11.8 Å². The maximum atomic E-state index is 13.6. The molecule has 2 rings (SSSR count). The highest BCUT2D eigenvalue weighted by atomic mass is 32.2. The molecule has 0 radical (unpaired) electrons. The molecule has 1 amide bonds. The number of nitrogens with zero attached hydrogens (tertiary/aromatic N) is 1. The largest absolute Gasteiger partial charge is 0.494 e. The van der Waals surface area contributed by atoms with E-state index < -0.39 is 27.8 Å². The third-order valence-corrected chi connectivity index (χ3v) is 4.78. The summed E-state index contributed by atoms with van der Waals surface area (Å²) in [6.45, 7) is 3.26. The molecule has 1 aromatic heterocycles. The van der Waals surface area contributed by atoms with Gasteiger partial charge < -0.3 is 9.26 Å². The molecule has 0 bridgehead atoms. The molecule has 0 aliphatic carbocycles. The van der Waals surface area contributed by atoms with Gasteiger partial charge in [-0.05, 0) is 31.5 Å². The van der Waals surface area contributed by atoms with E-state index in [2.05, 4.69) is 10.5 Å². The number of carbonyl (C=O) groups excluding carboxylic acids is 1. The molecule has 124 valence electrons.